The Bertz CT molecular complexity index is 726. The first-order chi connectivity index (χ1) is 11.5. The number of rotatable bonds is 7. The van der Waals surface area contributed by atoms with Crippen LogP contribution in [0.25, 0.3) is 0 Å². The van der Waals surface area contributed by atoms with E-state index in [1.54, 1.807) is 16.8 Å². The van der Waals surface area contributed by atoms with Gasteiger partial charge in [-0.25, -0.2) is 0 Å². The molecule has 1 amide bonds. The van der Waals surface area contributed by atoms with E-state index in [4.69, 9.17) is 0 Å². The maximum Gasteiger partial charge on any atom is 0.250 e. The van der Waals surface area contributed by atoms with Crippen molar-refractivity contribution >= 4 is 21.8 Å². The predicted octanol–water partition coefficient (Wildman–Crippen LogP) is 3.90. The van der Waals surface area contributed by atoms with E-state index in [-0.39, 0.29) is 23.9 Å². The van der Waals surface area contributed by atoms with Crippen molar-refractivity contribution in [3.63, 3.8) is 0 Å². The van der Waals surface area contributed by atoms with Crippen LogP contribution in [-0.2, 0) is 11.3 Å². The standard InChI is InChI=1S/C19H23BrN2O2/c1-14(2)12-17(15-6-4-3-5-7-15)21-18(23)10-11-22-13-16(20)8-9-19(22)24/h3-9,13-14,17H,10-12H2,1-2H3,(H,21,23). The van der Waals surface area contributed by atoms with Crippen LogP contribution in [-0.4, -0.2) is 10.5 Å². The van der Waals surface area contributed by atoms with Gasteiger partial charge < -0.3 is 9.88 Å². The van der Waals surface area contributed by atoms with Crippen LogP contribution in [0.1, 0.15) is 38.3 Å². The summed E-state index contributed by atoms with van der Waals surface area (Å²) in [5, 5.41) is 3.10. The number of nitrogens with one attached hydrogen (secondary N) is 1. The highest BCUT2D eigenvalue weighted by Gasteiger charge is 2.16. The SMILES string of the molecule is CC(C)CC(NC(=O)CCn1cc(Br)ccc1=O)c1ccccc1. The Morgan fingerprint density at radius 1 is 1.17 bits per heavy atom. The number of carbonyl (C=O) groups is 1. The van der Waals surface area contributed by atoms with Crippen molar-refractivity contribution in [2.75, 3.05) is 0 Å². The lowest BCUT2D eigenvalue weighted by Gasteiger charge is -2.21. The molecule has 0 bridgehead atoms. The van der Waals surface area contributed by atoms with Crippen molar-refractivity contribution in [3.05, 3.63) is 69.1 Å². The van der Waals surface area contributed by atoms with E-state index in [0.29, 0.717) is 12.5 Å². The van der Waals surface area contributed by atoms with Gasteiger partial charge in [0.25, 0.3) is 5.56 Å². The Morgan fingerprint density at radius 3 is 2.54 bits per heavy atom. The predicted molar refractivity (Wildman–Crippen MR) is 99.8 cm³/mol. The molecule has 1 N–H and O–H groups in total. The largest absolute Gasteiger partial charge is 0.349 e. The third-order valence-corrected chi connectivity index (χ3v) is 4.24. The molecule has 0 spiro atoms. The number of amides is 1. The quantitative estimate of drug-likeness (QED) is 0.778. The second-order valence-corrected chi connectivity index (χ2v) is 7.20. The third kappa shape index (κ3) is 5.64. The summed E-state index contributed by atoms with van der Waals surface area (Å²) in [4.78, 5) is 24.1. The van der Waals surface area contributed by atoms with Crippen molar-refractivity contribution in [1.82, 2.24) is 9.88 Å². The van der Waals surface area contributed by atoms with Crippen LogP contribution in [0.4, 0.5) is 0 Å². The molecule has 1 unspecified atom stereocenters. The molecule has 0 saturated carbocycles. The van der Waals surface area contributed by atoms with Gasteiger partial charge in [-0.3, -0.25) is 9.59 Å². The Balaban J connectivity index is 2.00. The van der Waals surface area contributed by atoms with Gasteiger partial charge in [-0.05, 0) is 39.9 Å². The molecule has 4 nitrogen and oxygen atoms in total. The van der Waals surface area contributed by atoms with Crippen molar-refractivity contribution in [2.24, 2.45) is 5.92 Å². The summed E-state index contributed by atoms with van der Waals surface area (Å²) in [5.74, 6) is 0.430. The molecule has 0 radical (unpaired) electrons. The maximum atomic E-state index is 12.3. The van der Waals surface area contributed by atoms with Crippen molar-refractivity contribution in [1.29, 1.82) is 0 Å². The van der Waals surface area contributed by atoms with E-state index < -0.39 is 0 Å². The minimum atomic E-state index is -0.104. The van der Waals surface area contributed by atoms with E-state index >= 15 is 0 Å². The average molecular weight is 391 g/mol. The highest BCUT2D eigenvalue weighted by Crippen LogP contribution is 2.21. The lowest BCUT2D eigenvalue weighted by atomic mass is 9.97. The molecule has 1 aromatic heterocycles. The first kappa shape index (κ1) is 18.5. The molecule has 0 fully saturated rings. The van der Waals surface area contributed by atoms with Gasteiger partial charge in [-0.15, -0.1) is 0 Å². The summed E-state index contributed by atoms with van der Waals surface area (Å²) in [7, 11) is 0. The minimum Gasteiger partial charge on any atom is -0.349 e. The molecular formula is C19H23BrN2O2. The number of nitrogens with zero attached hydrogens (tertiary/aromatic N) is 1. The van der Waals surface area contributed by atoms with Crippen LogP contribution < -0.4 is 10.9 Å². The molecule has 24 heavy (non-hydrogen) atoms. The first-order valence-electron chi connectivity index (χ1n) is 8.16. The number of aromatic nitrogens is 1. The summed E-state index contributed by atoms with van der Waals surface area (Å²) in [6.07, 6.45) is 2.86. The Kier molecular flexibility index (Phi) is 6.79. The smallest absolute Gasteiger partial charge is 0.250 e. The fourth-order valence-corrected chi connectivity index (χ4v) is 2.98. The van der Waals surface area contributed by atoms with Crippen LogP contribution in [0.5, 0.6) is 0 Å². The summed E-state index contributed by atoms with van der Waals surface area (Å²) < 4.78 is 2.37. The summed E-state index contributed by atoms with van der Waals surface area (Å²) in [6.45, 7) is 4.65. The fraction of sp³-hybridized carbons (Fsp3) is 0.368. The zero-order valence-corrected chi connectivity index (χ0v) is 15.6. The van der Waals surface area contributed by atoms with E-state index in [0.717, 1.165) is 16.5 Å². The lowest BCUT2D eigenvalue weighted by Crippen LogP contribution is -2.31. The molecule has 0 aliphatic carbocycles. The van der Waals surface area contributed by atoms with Gasteiger partial charge in [0.2, 0.25) is 5.91 Å². The molecule has 1 aromatic carbocycles. The maximum absolute atomic E-state index is 12.3. The molecule has 128 valence electrons. The van der Waals surface area contributed by atoms with Crippen LogP contribution in [0, 0.1) is 5.92 Å². The van der Waals surface area contributed by atoms with Crippen molar-refractivity contribution < 1.29 is 4.79 Å². The molecule has 1 atom stereocenters. The monoisotopic (exact) mass is 390 g/mol. The van der Waals surface area contributed by atoms with Gasteiger partial charge in [0.05, 0.1) is 6.04 Å². The second-order valence-electron chi connectivity index (χ2n) is 6.29. The summed E-state index contributed by atoms with van der Waals surface area (Å²) in [6, 6.07) is 13.2. The van der Waals surface area contributed by atoms with Gasteiger partial charge >= 0.3 is 0 Å². The van der Waals surface area contributed by atoms with Crippen LogP contribution in [0.15, 0.2) is 57.9 Å². The van der Waals surface area contributed by atoms with Crippen molar-refractivity contribution in [3.8, 4) is 0 Å². The number of hydrogen-bond acceptors (Lipinski definition) is 2. The Hall–Kier alpha value is -1.88. The van der Waals surface area contributed by atoms with Gasteiger partial charge in [-0.2, -0.15) is 0 Å². The van der Waals surface area contributed by atoms with Gasteiger partial charge in [0.1, 0.15) is 0 Å². The van der Waals surface area contributed by atoms with Gasteiger partial charge in [0, 0.05) is 29.7 Å². The molecule has 5 heteroatoms. The third-order valence-electron chi connectivity index (χ3n) is 3.77. The highest BCUT2D eigenvalue weighted by atomic mass is 79.9. The Labute approximate surface area is 151 Å². The fourth-order valence-electron chi connectivity index (χ4n) is 2.60. The van der Waals surface area contributed by atoms with E-state index in [1.807, 2.05) is 30.3 Å². The molecular weight excluding hydrogens is 368 g/mol. The van der Waals surface area contributed by atoms with Crippen molar-refractivity contribution in [2.45, 2.75) is 39.3 Å². The zero-order valence-electron chi connectivity index (χ0n) is 14.0. The number of halogens is 1. The molecule has 1 heterocycles. The Morgan fingerprint density at radius 2 is 1.88 bits per heavy atom. The normalized spacial score (nSPS) is 12.2. The van der Waals surface area contributed by atoms with E-state index in [2.05, 4.69) is 35.1 Å². The summed E-state index contributed by atoms with van der Waals surface area (Å²) >= 11 is 3.34. The molecule has 0 saturated heterocycles. The molecule has 2 rings (SSSR count). The average Bonchev–Trinajstić information content (AvgIpc) is 2.55. The highest BCUT2D eigenvalue weighted by molar-refractivity contribution is 9.10. The molecule has 0 aliphatic heterocycles. The van der Waals surface area contributed by atoms with E-state index in [9.17, 15) is 9.59 Å². The summed E-state index contributed by atoms with van der Waals surface area (Å²) in [5.41, 5.74) is 1.01. The number of carbonyl (C=O) groups excluding carboxylic acids is 1. The number of hydrogen-bond donors (Lipinski definition) is 1. The zero-order chi connectivity index (χ0) is 17.5. The number of aryl methyl sites for hydroxylation is 1. The van der Waals surface area contributed by atoms with Crippen LogP contribution in [0.2, 0.25) is 0 Å². The van der Waals surface area contributed by atoms with E-state index in [1.165, 1.54) is 6.07 Å². The first-order valence-corrected chi connectivity index (χ1v) is 8.95. The number of pyridine rings is 1. The lowest BCUT2D eigenvalue weighted by molar-refractivity contribution is -0.122. The molecule has 2 aromatic rings. The topological polar surface area (TPSA) is 51.1 Å². The minimum absolute atomic E-state index is 0.00192. The van der Waals surface area contributed by atoms with Gasteiger partial charge in [0.15, 0.2) is 0 Å². The number of benzene rings is 1. The molecule has 0 aliphatic rings. The second kappa shape index (κ2) is 8.83. The van der Waals surface area contributed by atoms with Gasteiger partial charge in [-0.1, -0.05) is 44.2 Å². The van der Waals surface area contributed by atoms with Crippen LogP contribution >= 0.6 is 15.9 Å². The van der Waals surface area contributed by atoms with Crippen LogP contribution in [0.3, 0.4) is 0 Å².